The third-order valence-corrected chi connectivity index (χ3v) is 2.86. The predicted octanol–water partition coefficient (Wildman–Crippen LogP) is 2.93. The summed E-state index contributed by atoms with van der Waals surface area (Å²) >= 11 is 11.6. The van der Waals surface area contributed by atoms with Crippen LogP contribution < -0.4 is 5.32 Å². The molecule has 20 heavy (non-hydrogen) atoms. The molecule has 0 amide bonds. The zero-order valence-electron chi connectivity index (χ0n) is 9.61. The second-order valence-corrected chi connectivity index (χ2v) is 4.08. The van der Waals surface area contributed by atoms with Crippen LogP contribution in [0, 0.1) is 34.0 Å². The zero-order chi connectivity index (χ0) is 15.3. The highest BCUT2D eigenvalue weighted by atomic mass is 35.5. The highest BCUT2D eigenvalue weighted by Crippen LogP contribution is 2.32. The van der Waals surface area contributed by atoms with Crippen molar-refractivity contribution in [3.05, 3.63) is 39.0 Å². The van der Waals surface area contributed by atoms with Crippen LogP contribution in [0.5, 0.6) is 0 Å². The van der Waals surface area contributed by atoms with Gasteiger partial charge in [0.1, 0.15) is 23.9 Å². The predicted molar refractivity (Wildman–Crippen MR) is 70.9 cm³/mol. The summed E-state index contributed by atoms with van der Waals surface area (Å²) in [4.78, 5) is 11.0. The molecule has 0 fully saturated rings. The number of hydrogen-bond acceptors (Lipinski definition) is 5. The lowest BCUT2D eigenvalue weighted by atomic mass is 10.1. The second-order valence-electron chi connectivity index (χ2n) is 3.30. The van der Waals surface area contributed by atoms with Crippen molar-refractivity contribution in [2.75, 3.05) is 5.32 Å². The lowest BCUT2D eigenvalue weighted by Crippen LogP contribution is -2.05. The van der Waals surface area contributed by atoms with Crippen LogP contribution in [0.25, 0.3) is 0 Å². The maximum atomic E-state index is 11.0. The molecule has 0 saturated heterocycles. The SMILES string of the molecule is N#CC(C#N)=C(C#N)Nc1ccc(Cl)c(C(=O)O)c1Cl. The number of hydrogen-bond donors (Lipinski definition) is 2. The molecule has 0 aromatic heterocycles. The monoisotopic (exact) mass is 306 g/mol. The molecular formula is C12H4Cl2N4O2. The molecule has 0 saturated carbocycles. The van der Waals surface area contributed by atoms with Crippen molar-refractivity contribution >= 4 is 34.9 Å². The van der Waals surface area contributed by atoms with Crippen molar-refractivity contribution < 1.29 is 9.90 Å². The molecule has 0 unspecified atom stereocenters. The van der Waals surface area contributed by atoms with Crippen LogP contribution >= 0.6 is 23.2 Å². The molecule has 0 spiro atoms. The van der Waals surface area contributed by atoms with Crippen molar-refractivity contribution in [1.29, 1.82) is 15.8 Å². The van der Waals surface area contributed by atoms with Gasteiger partial charge >= 0.3 is 5.97 Å². The van der Waals surface area contributed by atoms with Gasteiger partial charge in [0.05, 0.1) is 21.3 Å². The van der Waals surface area contributed by atoms with Crippen LogP contribution in [-0.4, -0.2) is 11.1 Å². The molecule has 98 valence electrons. The summed E-state index contributed by atoms with van der Waals surface area (Å²) in [5.74, 6) is -1.34. The molecule has 0 aliphatic rings. The molecular weight excluding hydrogens is 303 g/mol. The molecule has 0 aliphatic heterocycles. The maximum absolute atomic E-state index is 11.0. The highest BCUT2D eigenvalue weighted by Gasteiger charge is 2.18. The van der Waals surface area contributed by atoms with Crippen LogP contribution in [0.4, 0.5) is 5.69 Å². The van der Waals surface area contributed by atoms with Gasteiger partial charge in [-0.3, -0.25) is 0 Å². The van der Waals surface area contributed by atoms with E-state index in [0.29, 0.717) is 0 Å². The third-order valence-electron chi connectivity index (χ3n) is 2.15. The molecule has 1 rings (SSSR count). The number of carboxylic acids is 1. The van der Waals surface area contributed by atoms with E-state index < -0.39 is 11.5 Å². The number of halogens is 2. The minimum Gasteiger partial charge on any atom is -0.478 e. The van der Waals surface area contributed by atoms with E-state index >= 15 is 0 Å². The van der Waals surface area contributed by atoms with Crippen molar-refractivity contribution in [3.8, 4) is 18.2 Å². The highest BCUT2D eigenvalue weighted by molar-refractivity contribution is 6.41. The molecule has 0 bridgehead atoms. The fourth-order valence-corrected chi connectivity index (χ4v) is 1.84. The normalized spacial score (nSPS) is 8.75. The van der Waals surface area contributed by atoms with Gasteiger partial charge in [-0.15, -0.1) is 0 Å². The van der Waals surface area contributed by atoms with Crippen LogP contribution in [0.15, 0.2) is 23.4 Å². The molecule has 2 N–H and O–H groups in total. The van der Waals surface area contributed by atoms with Crippen molar-refractivity contribution in [2.24, 2.45) is 0 Å². The number of nitrogens with one attached hydrogen (secondary N) is 1. The third kappa shape index (κ3) is 2.99. The molecule has 0 heterocycles. The number of nitrogens with zero attached hydrogens (tertiary/aromatic N) is 3. The summed E-state index contributed by atoms with van der Waals surface area (Å²) in [7, 11) is 0. The number of allylic oxidation sites excluding steroid dienone is 2. The fourth-order valence-electron chi connectivity index (χ4n) is 1.26. The summed E-state index contributed by atoms with van der Waals surface area (Å²) in [5.41, 5.74) is -1.08. The summed E-state index contributed by atoms with van der Waals surface area (Å²) in [6.07, 6.45) is 0. The van der Waals surface area contributed by atoms with Crippen molar-refractivity contribution in [2.45, 2.75) is 0 Å². The number of carboxylic acid groups (broad SMARTS) is 1. The first kappa shape index (κ1) is 15.3. The first-order valence-electron chi connectivity index (χ1n) is 4.89. The smallest absolute Gasteiger partial charge is 0.338 e. The average molecular weight is 307 g/mol. The van der Waals surface area contributed by atoms with E-state index in [0.717, 1.165) is 0 Å². The van der Waals surface area contributed by atoms with Crippen LogP contribution in [0.2, 0.25) is 10.0 Å². The quantitative estimate of drug-likeness (QED) is 0.828. The molecule has 0 atom stereocenters. The summed E-state index contributed by atoms with van der Waals surface area (Å²) in [6.45, 7) is 0. The first-order valence-corrected chi connectivity index (χ1v) is 5.64. The Morgan fingerprint density at radius 1 is 1.15 bits per heavy atom. The van der Waals surface area contributed by atoms with Crippen LogP contribution in [0.1, 0.15) is 10.4 Å². The van der Waals surface area contributed by atoms with Gasteiger partial charge in [0, 0.05) is 0 Å². The number of carbonyl (C=O) groups is 1. The maximum Gasteiger partial charge on any atom is 0.338 e. The number of nitriles is 3. The Morgan fingerprint density at radius 3 is 2.20 bits per heavy atom. The van der Waals surface area contributed by atoms with Gasteiger partial charge in [0.2, 0.25) is 0 Å². The molecule has 6 nitrogen and oxygen atoms in total. The van der Waals surface area contributed by atoms with Crippen molar-refractivity contribution in [1.82, 2.24) is 0 Å². The topological polar surface area (TPSA) is 121 Å². The summed E-state index contributed by atoms with van der Waals surface area (Å²) in [5, 5.41) is 37.4. The van der Waals surface area contributed by atoms with E-state index in [1.165, 1.54) is 24.3 Å². The van der Waals surface area contributed by atoms with Gasteiger partial charge in [-0.25, -0.2) is 4.79 Å². The summed E-state index contributed by atoms with van der Waals surface area (Å²) < 4.78 is 0. The minimum absolute atomic E-state index is 0.0491. The Morgan fingerprint density at radius 2 is 1.75 bits per heavy atom. The van der Waals surface area contributed by atoms with Gasteiger partial charge in [0.15, 0.2) is 5.57 Å². The standard InChI is InChI=1S/C12H4Cl2N4O2/c13-7-1-2-8(11(14)10(7)12(19)20)18-9(5-17)6(3-15)4-16/h1-2,18H,(H,19,20). The lowest BCUT2D eigenvalue weighted by molar-refractivity contribution is 0.0697. The fraction of sp³-hybridized carbons (Fsp3) is 0. The Labute approximate surface area is 123 Å². The van der Waals surface area contributed by atoms with Gasteiger partial charge in [-0.1, -0.05) is 23.2 Å². The molecule has 0 aliphatic carbocycles. The largest absolute Gasteiger partial charge is 0.478 e. The first-order chi connectivity index (χ1) is 9.46. The Balaban J connectivity index is 3.40. The van der Waals surface area contributed by atoms with Gasteiger partial charge in [-0.2, -0.15) is 15.8 Å². The number of anilines is 1. The Kier molecular flexibility index (Phi) is 4.94. The van der Waals surface area contributed by atoms with Gasteiger partial charge in [0.25, 0.3) is 0 Å². The van der Waals surface area contributed by atoms with Crippen molar-refractivity contribution in [3.63, 3.8) is 0 Å². The number of benzene rings is 1. The van der Waals surface area contributed by atoms with Crippen LogP contribution in [-0.2, 0) is 0 Å². The lowest BCUT2D eigenvalue weighted by Gasteiger charge is -2.10. The van der Waals surface area contributed by atoms with E-state index in [9.17, 15) is 4.79 Å². The van der Waals surface area contributed by atoms with Crippen LogP contribution in [0.3, 0.4) is 0 Å². The number of rotatable bonds is 3. The molecule has 1 aromatic rings. The molecule has 1 aromatic carbocycles. The average Bonchev–Trinajstić information content (AvgIpc) is 2.41. The molecule has 0 radical (unpaired) electrons. The van der Waals surface area contributed by atoms with E-state index in [4.69, 9.17) is 44.1 Å². The summed E-state index contributed by atoms with van der Waals surface area (Å²) in [6, 6.07) is 7.31. The minimum atomic E-state index is -1.34. The zero-order valence-corrected chi connectivity index (χ0v) is 11.1. The van der Waals surface area contributed by atoms with E-state index in [1.807, 2.05) is 0 Å². The second kappa shape index (κ2) is 6.45. The van der Waals surface area contributed by atoms with Gasteiger partial charge < -0.3 is 10.4 Å². The molecule has 8 heteroatoms. The number of aromatic carboxylic acids is 1. The van der Waals surface area contributed by atoms with E-state index in [1.54, 1.807) is 6.07 Å². The van der Waals surface area contributed by atoms with E-state index in [-0.39, 0.29) is 27.0 Å². The van der Waals surface area contributed by atoms with E-state index in [2.05, 4.69) is 5.32 Å². The Bertz CT molecular complexity index is 720. The van der Waals surface area contributed by atoms with Gasteiger partial charge in [-0.05, 0) is 12.1 Å². The Hall–Kier alpha value is -2.72.